The van der Waals surface area contributed by atoms with E-state index in [1.807, 2.05) is 4.57 Å². The monoisotopic (exact) mass is 262 g/mol. The van der Waals surface area contributed by atoms with Gasteiger partial charge in [0.2, 0.25) is 0 Å². The highest BCUT2D eigenvalue weighted by atomic mass is 16.4. The number of benzene rings is 1. The van der Waals surface area contributed by atoms with Crippen molar-refractivity contribution in [3.8, 4) is 0 Å². The Balaban J connectivity index is 2.52. The van der Waals surface area contributed by atoms with Crippen LogP contribution in [0.1, 0.15) is 35.9 Å². The van der Waals surface area contributed by atoms with Crippen LogP contribution in [0.25, 0.3) is 11.0 Å². The molecule has 2 rings (SSSR count). The van der Waals surface area contributed by atoms with Gasteiger partial charge in [-0.25, -0.2) is 9.78 Å². The molecule has 0 spiro atoms. The Morgan fingerprint density at radius 2 is 2.21 bits per heavy atom. The summed E-state index contributed by atoms with van der Waals surface area (Å²) in [4.78, 5) is 15.6. The molecule has 0 atom stereocenters. The third kappa shape index (κ3) is 2.76. The molecule has 0 radical (unpaired) electrons. The van der Waals surface area contributed by atoms with Gasteiger partial charge in [0.15, 0.2) is 0 Å². The maximum atomic E-state index is 11.0. The molecule has 1 heterocycles. The summed E-state index contributed by atoms with van der Waals surface area (Å²) in [6, 6.07) is 4.97. The van der Waals surface area contributed by atoms with Gasteiger partial charge in [-0.2, -0.15) is 0 Å². The van der Waals surface area contributed by atoms with Crippen LogP contribution >= 0.6 is 0 Å². The van der Waals surface area contributed by atoms with E-state index in [0.717, 1.165) is 29.7 Å². The first-order valence-corrected chi connectivity index (χ1v) is 6.50. The summed E-state index contributed by atoms with van der Waals surface area (Å²) in [5.41, 5.74) is 1.91. The first-order chi connectivity index (χ1) is 9.17. The van der Waals surface area contributed by atoms with E-state index in [2.05, 4.69) is 11.9 Å². The maximum Gasteiger partial charge on any atom is 0.335 e. The van der Waals surface area contributed by atoms with Gasteiger partial charge in [-0.3, -0.25) is 0 Å². The van der Waals surface area contributed by atoms with Crippen molar-refractivity contribution in [2.45, 2.75) is 32.7 Å². The van der Waals surface area contributed by atoms with Gasteiger partial charge in [0.25, 0.3) is 0 Å². The predicted molar refractivity (Wildman–Crippen MR) is 72.4 cm³/mol. The van der Waals surface area contributed by atoms with Gasteiger partial charge in [0.05, 0.1) is 16.6 Å². The van der Waals surface area contributed by atoms with Crippen molar-refractivity contribution < 1.29 is 15.0 Å². The fourth-order valence-electron chi connectivity index (χ4n) is 2.20. The van der Waals surface area contributed by atoms with Crippen molar-refractivity contribution in [1.29, 1.82) is 0 Å². The molecular formula is C14H18N2O3. The van der Waals surface area contributed by atoms with Gasteiger partial charge in [-0.1, -0.05) is 6.92 Å². The van der Waals surface area contributed by atoms with E-state index in [4.69, 9.17) is 10.2 Å². The van der Waals surface area contributed by atoms with Crippen LogP contribution in [-0.2, 0) is 13.0 Å². The van der Waals surface area contributed by atoms with Crippen LogP contribution in [0.2, 0.25) is 0 Å². The lowest BCUT2D eigenvalue weighted by Gasteiger charge is -2.07. The zero-order valence-electron chi connectivity index (χ0n) is 11.0. The summed E-state index contributed by atoms with van der Waals surface area (Å²) in [5.74, 6) is 0.0161. The molecule has 1 aromatic heterocycles. The van der Waals surface area contributed by atoms with Crippen molar-refractivity contribution in [2.24, 2.45) is 0 Å². The second kappa shape index (κ2) is 5.84. The number of aliphatic hydroxyl groups is 1. The third-order valence-corrected chi connectivity index (χ3v) is 3.09. The first kappa shape index (κ1) is 13.5. The summed E-state index contributed by atoms with van der Waals surface area (Å²) in [6.07, 6.45) is 2.47. The number of carbonyl (C=O) groups is 1. The lowest BCUT2D eigenvalue weighted by Crippen LogP contribution is -2.06. The second-order valence-corrected chi connectivity index (χ2v) is 4.52. The normalized spacial score (nSPS) is 11.1. The number of hydrogen-bond donors (Lipinski definition) is 2. The van der Waals surface area contributed by atoms with Crippen LogP contribution in [-0.4, -0.2) is 32.3 Å². The summed E-state index contributed by atoms with van der Waals surface area (Å²) >= 11 is 0. The highest BCUT2D eigenvalue weighted by Crippen LogP contribution is 2.19. The van der Waals surface area contributed by atoms with E-state index in [0.29, 0.717) is 13.0 Å². The largest absolute Gasteiger partial charge is 0.478 e. The van der Waals surface area contributed by atoms with Crippen molar-refractivity contribution in [2.75, 3.05) is 6.61 Å². The van der Waals surface area contributed by atoms with E-state index in [9.17, 15) is 4.79 Å². The van der Waals surface area contributed by atoms with Gasteiger partial charge in [-0.05, 0) is 31.0 Å². The molecule has 0 unspecified atom stereocenters. The average molecular weight is 262 g/mol. The van der Waals surface area contributed by atoms with E-state index in [1.165, 1.54) is 0 Å². The Labute approximate surface area is 111 Å². The van der Waals surface area contributed by atoms with Crippen molar-refractivity contribution in [3.05, 3.63) is 29.6 Å². The molecule has 1 aromatic carbocycles. The number of aromatic nitrogens is 2. The number of fused-ring (bicyclic) bond motifs is 1. The number of nitrogens with zero attached hydrogens (tertiary/aromatic N) is 2. The maximum absolute atomic E-state index is 11.0. The minimum absolute atomic E-state index is 0.115. The lowest BCUT2D eigenvalue weighted by molar-refractivity contribution is 0.0697. The topological polar surface area (TPSA) is 75.3 Å². The van der Waals surface area contributed by atoms with E-state index in [1.54, 1.807) is 18.2 Å². The molecule has 0 bridgehead atoms. The summed E-state index contributed by atoms with van der Waals surface area (Å²) in [6.45, 7) is 2.85. The number of rotatable bonds is 6. The standard InChI is InChI=1S/C14H18N2O3/c1-2-4-13-15-11-6-5-10(14(18)19)9-12(11)16(13)7-3-8-17/h5-6,9,17H,2-4,7-8H2,1H3,(H,18,19). The molecule has 0 saturated heterocycles. The van der Waals surface area contributed by atoms with Crippen molar-refractivity contribution in [1.82, 2.24) is 9.55 Å². The molecule has 0 fully saturated rings. The first-order valence-electron chi connectivity index (χ1n) is 6.50. The number of imidazole rings is 1. The minimum Gasteiger partial charge on any atom is -0.478 e. The Kier molecular flexibility index (Phi) is 4.16. The zero-order valence-corrected chi connectivity index (χ0v) is 11.0. The Morgan fingerprint density at radius 1 is 1.42 bits per heavy atom. The number of aryl methyl sites for hydroxylation is 2. The summed E-state index contributed by atoms with van der Waals surface area (Å²) in [7, 11) is 0. The van der Waals surface area contributed by atoms with Crippen LogP contribution in [0.4, 0.5) is 0 Å². The van der Waals surface area contributed by atoms with Crippen LogP contribution in [0.5, 0.6) is 0 Å². The molecular weight excluding hydrogens is 244 g/mol. The van der Waals surface area contributed by atoms with Crippen LogP contribution in [0.15, 0.2) is 18.2 Å². The van der Waals surface area contributed by atoms with Gasteiger partial charge >= 0.3 is 5.97 Å². The Morgan fingerprint density at radius 3 is 2.84 bits per heavy atom. The Hall–Kier alpha value is -1.88. The van der Waals surface area contributed by atoms with E-state index >= 15 is 0 Å². The lowest BCUT2D eigenvalue weighted by atomic mass is 10.2. The average Bonchev–Trinajstić information content (AvgIpc) is 2.73. The number of hydrogen-bond acceptors (Lipinski definition) is 3. The molecule has 0 aliphatic carbocycles. The summed E-state index contributed by atoms with van der Waals surface area (Å²) in [5, 5.41) is 18.0. The molecule has 2 N–H and O–H groups in total. The molecule has 0 aliphatic rings. The minimum atomic E-state index is -0.936. The third-order valence-electron chi connectivity index (χ3n) is 3.09. The molecule has 19 heavy (non-hydrogen) atoms. The number of carboxylic acids is 1. The molecule has 5 nitrogen and oxygen atoms in total. The quantitative estimate of drug-likeness (QED) is 0.835. The SMILES string of the molecule is CCCc1nc2ccc(C(=O)O)cc2n1CCCO. The van der Waals surface area contributed by atoms with Crippen molar-refractivity contribution in [3.63, 3.8) is 0 Å². The van der Waals surface area contributed by atoms with Crippen LogP contribution in [0, 0.1) is 0 Å². The number of aromatic carboxylic acids is 1. The van der Waals surface area contributed by atoms with Gasteiger partial charge in [0, 0.05) is 19.6 Å². The van der Waals surface area contributed by atoms with Gasteiger partial charge in [0.1, 0.15) is 5.82 Å². The fourth-order valence-corrected chi connectivity index (χ4v) is 2.20. The molecule has 5 heteroatoms. The smallest absolute Gasteiger partial charge is 0.335 e. The second-order valence-electron chi connectivity index (χ2n) is 4.52. The summed E-state index contributed by atoms with van der Waals surface area (Å²) < 4.78 is 2.02. The van der Waals surface area contributed by atoms with Crippen molar-refractivity contribution >= 4 is 17.0 Å². The van der Waals surface area contributed by atoms with Crippen LogP contribution in [0.3, 0.4) is 0 Å². The number of aliphatic hydroxyl groups excluding tert-OH is 1. The van der Waals surface area contributed by atoms with E-state index < -0.39 is 5.97 Å². The van der Waals surface area contributed by atoms with Gasteiger partial charge in [-0.15, -0.1) is 0 Å². The molecule has 0 amide bonds. The van der Waals surface area contributed by atoms with Gasteiger partial charge < -0.3 is 14.8 Å². The molecule has 0 aliphatic heterocycles. The molecule has 102 valence electrons. The molecule has 2 aromatic rings. The Bertz CT molecular complexity index is 590. The fraction of sp³-hybridized carbons (Fsp3) is 0.429. The number of carboxylic acid groups (broad SMARTS) is 1. The highest BCUT2D eigenvalue weighted by molar-refractivity contribution is 5.92. The zero-order chi connectivity index (χ0) is 13.8. The molecule has 0 saturated carbocycles. The van der Waals surface area contributed by atoms with Crippen LogP contribution < -0.4 is 0 Å². The predicted octanol–water partition coefficient (Wildman–Crippen LogP) is 2.07. The highest BCUT2D eigenvalue weighted by Gasteiger charge is 2.12. The van der Waals surface area contributed by atoms with E-state index in [-0.39, 0.29) is 12.2 Å².